The maximum Gasteiger partial charge on any atom is 0.245 e. The van der Waals surface area contributed by atoms with Crippen LogP contribution >= 0.6 is 0 Å². The average Bonchev–Trinajstić information content (AvgIpc) is 2.04. The molecule has 0 amide bonds. The highest BCUT2D eigenvalue weighted by Gasteiger charge is 2.23. The molecule has 1 nitrogen and oxygen atoms in total. The van der Waals surface area contributed by atoms with Crippen LogP contribution in [0.4, 0.5) is 8.78 Å². The van der Waals surface area contributed by atoms with Gasteiger partial charge in [0.2, 0.25) is 5.92 Å². The van der Waals surface area contributed by atoms with E-state index in [1.165, 1.54) is 0 Å². The zero-order chi connectivity index (χ0) is 12.5. The summed E-state index contributed by atoms with van der Waals surface area (Å²) in [5, 5.41) is 0. The highest BCUT2D eigenvalue weighted by molar-refractivity contribution is 4.69. The molecule has 0 aliphatic heterocycles. The van der Waals surface area contributed by atoms with Gasteiger partial charge >= 0.3 is 0 Å². The molecule has 0 aromatic heterocycles. The largest absolute Gasteiger partial charge is 0.384 e. The first-order valence-corrected chi connectivity index (χ1v) is 5.64. The van der Waals surface area contributed by atoms with E-state index in [0.29, 0.717) is 13.0 Å². The maximum absolute atomic E-state index is 12.5. The van der Waals surface area contributed by atoms with Gasteiger partial charge in [-0.1, -0.05) is 27.7 Å². The third-order valence-corrected chi connectivity index (χ3v) is 2.00. The summed E-state index contributed by atoms with van der Waals surface area (Å²) in [6, 6.07) is 0. The molecule has 15 heavy (non-hydrogen) atoms. The highest BCUT2D eigenvalue weighted by Crippen LogP contribution is 2.27. The lowest BCUT2D eigenvalue weighted by Crippen LogP contribution is -2.19. The lowest BCUT2D eigenvalue weighted by Gasteiger charge is -2.23. The second-order valence-corrected chi connectivity index (χ2v) is 4.52. The molecular weight excluding hydrogens is 198 g/mol. The fraction of sp³-hybridized carbons (Fsp3) is 1.00. The Morgan fingerprint density at radius 2 is 1.47 bits per heavy atom. The van der Waals surface area contributed by atoms with Crippen LogP contribution in [-0.4, -0.2) is 19.6 Å². The van der Waals surface area contributed by atoms with Crippen LogP contribution in [-0.2, 0) is 4.74 Å². The summed E-state index contributed by atoms with van der Waals surface area (Å²) in [5.41, 5.74) is 0.0139. The van der Waals surface area contributed by atoms with Gasteiger partial charge in [-0.05, 0) is 25.2 Å². The summed E-state index contributed by atoms with van der Waals surface area (Å²) < 4.78 is 29.9. The van der Waals surface area contributed by atoms with Crippen LogP contribution in [0.25, 0.3) is 0 Å². The lowest BCUT2D eigenvalue weighted by molar-refractivity contribution is 0.00516. The first-order valence-electron chi connectivity index (χ1n) is 5.64. The second kappa shape index (κ2) is 8.03. The van der Waals surface area contributed by atoms with Gasteiger partial charge in [0.1, 0.15) is 0 Å². The van der Waals surface area contributed by atoms with E-state index in [1.54, 1.807) is 7.11 Å². The molecule has 0 radical (unpaired) electrons. The van der Waals surface area contributed by atoms with E-state index in [-0.39, 0.29) is 11.8 Å². The van der Waals surface area contributed by atoms with Gasteiger partial charge in [0.05, 0.1) is 6.61 Å². The van der Waals surface area contributed by atoms with E-state index in [4.69, 9.17) is 4.74 Å². The number of alkyl halides is 2. The minimum atomic E-state index is -2.52. The number of rotatable bonds is 6. The summed E-state index contributed by atoms with van der Waals surface area (Å²) >= 11 is 0. The topological polar surface area (TPSA) is 9.23 Å². The lowest BCUT2D eigenvalue weighted by atomic mass is 9.88. The Morgan fingerprint density at radius 3 is 1.80 bits per heavy atom. The zero-order valence-electron chi connectivity index (χ0n) is 11.0. The van der Waals surface area contributed by atoms with Crippen molar-refractivity contribution in [3.05, 3.63) is 0 Å². The molecule has 94 valence electrons. The number of ether oxygens (including phenoxy) is 1. The Morgan fingerprint density at radius 1 is 1.00 bits per heavy atom. The molecular formula is C12H26F2O. The second-order valence-electron chi connectivity index (χ2n) is 4.52. The van der Waals surface area contributed by atoms with Crippen LogP contribution in [0.1, 0.15) is 53.9 Å². The molecule has 0 bridgehead atoms. The smallest absolute Gasteiger partial charge is 0.245 e. The highest BCUT2D eigenvalue weighted by atomic mass is 19.3. The maximum atomic E-state index is 12.5. The van der Waals surface area contributed by atoms with Crippen LogP contribution in [0.5, 0.6) is 0 Å². The van der Waals surface area contributed by atoms with E-state index in [9.17, 15) is 8.78 Å². The number of methoxy groups -OCH3 is 1. The fourth-order valence-corrected chi connectivity index (χ4v) is 1.34. The number of hydrogen-bond donors (Lipinski definition) is 0. The third kappa shape index (κ3) is 13.8. The van der Waals surface area contributed by atoms with Crippen LogP contribution in [0.15, 0.2) is 0 Å². The van der Waals surface area contributed by atoms with Crippen molar-refractivity contribution < 1.29 is 13.5 Å². The van der Waals surface area contributed by atoms with Crippen molar-refractivity contribution in [2.75, 3.05) is 13.7 Å². The van der Waals surface area contributed by atoms with E-state index in [2.05, 4.69) is 0 Å². The molecule has 0 rings (SSSR count). The van der Waals surface area contributed by atoms with Crippen molar-refractivity contribution in [1.82, 2.24) is 0 Å². The predicted octanol–water partition coefficient (Wildman–Crippen LogP) is 4.51. The first-order chi connectivity index (χ1) is 6.77. The van der Waals surface area contributed by atoms with Crippen molar-refractivity contribution >= 4 is 0 Å². The SMILES string of the molecule is CC.COCC(C)(C)CCCC(C)(F)F. The molecule has 0 fully saturated rings. The van der Waals surface area contributed by atoms with Gasteiger partial charge < -0.3 is 4.74 Å². The Bertz CT molecular complexity index is 139. The van der Waals surface area contributed by atoms with Gasteiger partial charge in [0.15, 0.2) is 0 Å². The van der Waals surface area contributed by atoms with Crippen LogP contribution in [0.2, 0.25) is 0 Å². The van der Waals surface area contributed by atoms with Crippen LogP contribution < -0.4 is 0 Å². The molecule has 0 saturated heterocycles. The van der Waals surface area contributed by atoms with Crippen LogP contribution in [0.3, 0.4) is 0 Å². The van der Waals surface area contributed by atoms with E-state index >= 15 is 0 Å². The summed E-state index contributed by atoms with van der Waals surface area (Å²) in [5.74, 6) is -2.52. The van der Waals surface area contributed by atoms with E-state index in [0.717, 1.165) is 13.3 Å². The molecule has 0 spiro atoms. The zero-order valence-corrected chi connectivity index (χ0v) is 11.0. The molecule has 0 aromatic carbocycles. The van der Waals surface area contributed by atoms with Crippen molar-refractivity contribution in [2.45, 2.75) is 59.8 Å². The molecule has 0 N–H and O–H groups in total. The molecule has 0 aliphatic carbocycles. The predicted molar refractivity (Wildman–Crippen MR) is 61.5 cm³/mol. The Labute approximate surface area is 93.2 Å². The van der Waals surface area contributed by atoms with Crippen molar-refractivity contribution in [2.24, 2.45) is 5.41 Å². The number of hydrogen-bond acceptors (Lipinski definition) is 1. The quantitative estimate of drug-likeness (QED) is 0.645. The first kappa shape index (κ1) is 17.2. The number of halogens is 2. The van der Waals surface area contributed by atoms with E-state index in [1.807, 2.05) is 27.7 Å². The summed E-state index contributed by atoms with van der Waals surface area (Å²) in [6.45, 7) is 9.66. The molecule has 0 aliphatic rings. The Balaban J connectivity index is 0. The standard InChI is InChI=1S/C10H20F2O.C2H6/c1-9(2,8-13-4)6-5-7-10(3,11)12;1-2/h5-8H2,1-4H3;1-2H3. The molecule has 0 heterocycles. The summed E-state index contributed by atoms with van der Waals surface area (Å²) in [6.07, 6.45) is 1.31. The molecule has 0 atom stereocenters. The van der Waals surface area contributed by atoms with Gasteiger partial charge in [-0.2, -0.15) is 0 Å². The molecule has 3 heteroatoms. The summed E-state index contributed by atoms with van der Waals surface area (Å²) in [7, 11) is 1.64. The molecule has 0 aromatic rings. The van der Waals surface area contributed by atoms with Gasteiger partial charge in [0, 0.05) is 13.5 Å². The summed E-state index contributed by atoms with van der Waals surface area (Å²) in [4.78, 5) is 0. The van der Waals surface area contributed by atoms with Gasteiger partial charge in [0.25, 0.3) is 0 Å². The van der Waals surface area contributed by atoms with Crippen molar-refractivity contribution in [3.8, 4) is 0 Å². The molecule has 0 unspecified atom stereocenters. The van der Waals surface area contributed by atoms with Crippen LogP contribution in [0, 0.1) is 5.41 Å². The van der Waals surface area contributed by atoms with Crippen molar-refractivity contribution in [1.29, 1.82) is 0 Å². The third-order valence-electron chi connectivity index (χ3n) is 2.00. The normalized spacial score (nSPS) is 12.0. The van der Waals surface area contributed by atoms with E-state index < -0.39 is 5.92 Å². The minimum Gasteiger partial charge on any atom is -0.384 e. The monoisotopic (exact) mass is 224 g/mol. The average molecular weight is 224 g/mol. The fourth-order valence-electron chi connectivity index (χ4n) is 1.34. The van der Waals surface area contributed by atoms with Crippen molar-refractivity contribution in [3.63, 3.8) is 0 Å². The minimum absolute atomic E-state index is 0.0139. The van der Waals surface area contributed by atoms with Gasteiger partial charge in [-0.3, -0.25) is 0 Å². The van der Waals surface area contributed by atoms with Gasteiger partial charge in [-0.15, -0.1) is 0 Å². The Hall–Kier alpha value is -0.180. The molecule has 0 saturated carbocycles. The van der Waals surface area contributed by atoms with Gasteiger partial charge in [-0.25, -0.2) is 8.78 Å². The Kier molecular flexibility index (Phi) is 9.22.